The van der Waals surface area contributed by atoms with Gasteiger partial charge in [-0.15, -0.1) is 0 Å². The van der Waals surface area contributed by atoms with Crippen LogP contribution in [0.3, 0.4) is 0 Å². The van der Waals surface area contributed by atoms with Crippen molar-refractivity contribution in [3.63, 3.8) is 0 Å². The molecule has 0 spiro atoms. The number of carboxylic acids is 1. The van der Waals surface area contributed by atoms with Gasteiger partial charge in [0.1, 0.15) is 0 Å². The quantitative estimate of drug-likeness (QED) is 0.565. The molecule has 0 amide bonds. The van der Waals surface area contributed by atoms with Crippen molar-refractivity contribution in [3.8, 4) is 0 Å². The summed E-state index contributed by atoms with van der Waals surface area (Å²) in [4.78, 5) is 13.8. The SMILES string of the molecule is O=C(O)c1ccncc1.[B]. The van der Waals surface area contributed by atoms with Crippen LogP contribution >= 0.6 is 0 Å². The summed E-state index contributed by atoms with van der Waals surface area (Å²) in [7, 11) is 0. The van der Waals surface area contributed by atoms with E-state index in [4.69, 9.17) is 5.11 Å². The van der Waals surface area contributed by atoms with Crippen LogP contribution in [-0.2, 0) is 0 Å². The maximum Gasteiger partial charge on any atom is 0.335 e. The number of rotatable bonds is 1. The monoisotopic (exact) mass is 134 g/mol. The molecule has 3 nitrogen and oxygen atoms in total. The Balaban J connectivity index is 0.000000810. The molecule has 0 unspecified atom stereocenters. The highest BCUT2D eigenvalue weighted by atomic mass is 16.4. The Morgan fingerprint density at radius 1 is 1.40 bits per heavy atom. The summed E-state index contributed by atoms with van der Waals surface area (Å²) in [6.07, 6.45) is 2.90. The van der Waals surface area contributed by atoms with Gasteiger partial charge in [-0.1, -0.05) is 0 Å². The van der Waals surface area contributed by atoms with E-state index in [-0.39, 0.29) is 14.0 Å². The molecule has 0 aliphatic carbocycles. The van der Waals surface area contributed by atoms with Crippen LogP contribution in [0.1, 0.15) is 10.4 Å². The Kier molecular flexibility index (Phi) is 3.18. The van der Waals surface area contributed by atoms with Crippen LogP contribution < -0.4 is 0 Å². The van der Waals surface area contributed by atoms with Gasteiger partial charge in [0.05, 0.1) is 5.56 Å². The lowest BCUT2D eigenvalue weighted by Crippen LogP contribution is -1.94. The minimum Gasteiger partial charge on any atom is -0.478 e. The van der Waals surface area contributed by atoms with E-state index in [1.54, 1.807) is 0 Å². The van der Waals surface area contributed by atoms with Crippen LogP contribution in [0.5, 0.6) is 0 Å². The Morgan fingerprint density at radius 3 is 2.20 bits per heavy atom. The highest BCUT2D eigenvalue weighted by Crippen LogP contribution is 1.93. The number of hydrogen-bond donors (Lipinski definition) is 1. The number of aromatic nitrogens is 1. The van der Waals surface area contributed by atoms with Crippen molar-refractivity contribution in [1.82, 2.24) is 4.98 Å². The van der Waals surface area contributed by atoms with Gasteiger partial charge in [0.15, 0.2) is 0 Å². The van der Waals surface area contributed by atoms with Gasteiger partial charge < -0.3 is 5.11 Å². The first kappa shape index (κ1) is 8.68. The first-order valence-electron chi connectivity index (χ1n) is 2.44. The number of pyridine rings is 1. The van der Waals surface area contributed by atoms with E-state index in [0.717, 1.165) is 0 Å². The molecule has 0 atom stereocenters. The lowest BCUT2D eigenvalue weighted by Gasteiger charge is -1.87. The molecule has 0 saturated carbocycles. The maximum atomic E-state index is 10.2. The van der Waals surface area contributed by atoms with Crippen molar-refractivity contribution < 1.29 is 9.90 Å². The van der Waals surface area contributed by atoms with Crippen molar-refractivity contribution in [2.75, 3.05) is 0 Å². The van der Waals surface area contributed by atoms with Gasteiger partial charge in [0.2, 0.25) is 0 Å². The molecule has 4 heteroatoms. The summed E-state index contributed by atoms with van der Waals surface area (Å²) in [5, 5.41) is 8.36. The standard InChI is InChI=1S/C6H5NO2.B/c8-6(9)5-1-3-7-4-2-5;/h1-4H,(H,8,9);. The zero-order chi connectivity index (χ0) is 6.69. The minimum atomic E-state index is -0.919. The molecule has 0 saturated heterocycles. The topological polar surface area (TPSA) is 50.2 Å². The van der Waals surface area contributed by atoms with E-state index < -0.39 is 5.97 Å². The van der Waals surface area contributed by atoms with Crippen LogP contribution in [0.2, 0.25) is 0 Å². The fourth-order valence-corrected chi connectivity index (χ4v) is 0.494. The summed E-state index contributed by atoms with van der Waals surface area (Å²) >= 11 is 0. The van der Waals surface area contributed by atoms with Gasteiger partial charge in [-0.05, 0) is 12.1 Å². The zero-order valence-corrected chi connectivity index (χ0v) is 5.19. The molecule has 1 aromatic rings. The maximum absolute atomic E-state index is 10.2. The van der Waals surface area contributed by atoms with Crippen LogP contribution in [0, 0.1) is 0 Å². The van der Waals surface area contributed by atoms with Crippen LogP contribution in [-0.4, -0.2) is 24.5 Å². The molecule has 49 valence electrons. The van der Waals surface area contributed by atoms with Crippen molar-refractivity contribution >= 4 is 14.4 Å². The second kappa shape index (κ2) is 3.66. The average Bonchev–Trinajstić information content (AvgIpc) is 1.90. The molecule has 1 aromatic heterocycles. The summed E-state index contributed by atoms with van der Waals surface area (Å²) < 4.78 is 0. The molecule has 0 bridgehead atoms. The number of aromatic carboxylic acids is 1. The predicted octanol–water partition coefficient (Wildman–Crippen LogP) is 0.399. The first-order valence-corrected chi connectivity index (χ1v) is 2.44. The Labute approximate surface area is 60.3 Å². The van der Waals surface area contributed by atoms with Crippen LogP contribution in [0.25, 0.3) is 0 Å². The third-order valence-electron chi connectivity index (χ3n) is 0.927. The van der Waals surface area contributed by atoms with Gasteiger partial charge in [0, 0.05) is 20.8 Å². The molecule has 0 aliphatic rings. The smallest absolute Gasteiger partial charge is 0.335 e. The van der Waals surface area contributed by atoms with Crippen molar-refractivity contribution in [2.45, 2.75) is 0 Å². The number of carbonyl (C=O) groups is 1. The predicted molar refractivity (Wildman–Crippen MR) is 37.0 cm³/mol. The van der Waals surface area contributed by atoms with E-state index in [9.17, 15) is 4.79 Å². The number of nitrogens with zero attached hydrogens (tertiary/aromatic N) is 1. The molecular formula is C6H5BNO2. The summed E-state index contributed by atoms with van der Waals surface area (Å²) in [5.74, 6) is -0.919. The molecule has 10 heavy (non-hydrogen) atoms. The van der Waals surface area contributed by atoms with Gasteiger partial charge >= 0.3 is 5.97 Å². The molecule has 0 aromatic carbocycles. The van der Waals surface area contributed by atoms with E-state index in [1.165, 1.54) is 24.5 Å². The van der Waals surface area contributed by atoms with Gasteiger partial charge in [-0.3, -0.25) is 4.98 Å². The second-order valence-electron chi connectivity index (χ2n) is 1.54. The fourth-order valence-electron chi connectivity index (χ4n) is 0.494. The lowest BCUT2D eigenvalue weighted by atomic mass is 10.3. The van der Waals surface area contributed by atoms with Crippen molar-refractivity contribution in [1.29, 1.82) is 0 Å². The zero-order valence-electron chi connectivity index (χ0n) is 5.19. The van der Waals surface area contributed by atoms with Gasteiger partial charge in [-0.2, -0.15) is 0 Å². The fraction of sp³-hybridized carbons (Fsp3) is 0. The lowest BCUT2D eigenvalue weighted by molar-refractivity contribution is 0.0697. The third-order valence-corrected chi connectivity index (χ3v) is 0.927. The van der Waals surface area contributed by atoms with Crippen LogP contribution in [0.15, 0.2) is 24.5 Å². The largest absolute Gasteiger partial charge is 0.478 e. The second-order valence-corrected chi connectivity index (χ2v) is 1.54. The summed E-state index contributed by atoms with van der Waals surface area (Å²) in [6, 6.07) is 2.89. The molecule has 3 radical (unpaired) electrons. The number of carboxylic acid groups (broad SMARTS) is 1. The summed E-state index contributed by atoms with van der Waals surface area (Å²) in [6.45, 7) is 0. The average molecular weight is 134 g/mol. The molecule has 1 N–H and O–H groups in total. The first-order chi connectivity index (χ1) is 4.30. The van der Waals surface area contributed by atoms with Crippen molar-refractivity contribution in [3.05, 3.63) is 30.1 Å². The minimum absolute atomic E-state index is 0. The Morgan fingerprint density at radius 2 is 1.90 bits per heavy atom. The molecule has 1 heterocycles. The molecular weight excluding hydrogens is 129 g/mol. The normalized spacial score (nSPS) is 8.00. The third kappa shape index (κ3) is 1.89. The highest BCUT2D eigenvalue weighted by Gasteiger charge is 1.97. The van der Waals surface area contributed by atoms with E-state index in [0.29, 0.717) is 0 Å². The molecule has 0 aliphatic heterocycles. The van der Waals surface area contributed by atoms with E-state index in [2.05, 4.69) is 4.98 Å². The number of hydrogen-bond acceptors (Lipinski definition) is 2. The van der Waals surface area contributed by atoms with Crippen molar-refractivity contribution in [2.24, 2.45) is 0 Å². The van der Waals surface area contributed by atoms with E-state index >= 15 is 0 Å². The van der Waals surface area contributed by atoms with E-state index in [1.807, 2.05) is 0 Å². The Bertz CT molecular complexity index is 212. The highest BCUT2D eigenvalue weighted by molar-refractivity contribution is 5.87. The van der Waals surface area contributed by atoms with Crippen LogP contribution in [0.4, 0.5) is 0 Å². The van der Waals surface area contributed by atoms with Gasteiger partial charge in [-0.25, -0.2) is 4.79 Å². The Hall–Kier alpha value is -1.32. The van der Waals surface area contributed by atoms with Gasteiger partial charge in [0.25, 0.3) is 0 Å². The molecule has 1 rings (SSSR count). The molecule has 0 fully saturated rings. The summed E-state index contributed by atoms with van der Waals surface area (Å²) in [5.41, 5.74) is 0.269.